The topological polar surface area (TPSA) is 3.24 Å². The quantitative estimate of drug-likeness (QED) is 0.155. The minimum atomic E-state index is 1.10. The first-order valence-electron chi connectivity index (χ1n) is 20.7. The molecule has 0 atom stereocenters. The molecule has 2 aromatic heterocycles. The summed E-state index contributed by atoms with van der Waals surface area (Å²) >= 11 is 3.75. The fraction of sp³-hybridized carbons (Fsp3) is 0. The van der Waals surface area contributed by atoms with Crippen molar-refractivity contribution in [3.05, 3.63) is 224 Å². The monoisotopic (exact) mass is 811 g/mol. The van der Waals surface area contributed by atoms with Gasteiger partial charge in [-0.3, -0.25) is 0 Å². The van der Waals surface area contributed by atoms with E-state index in [1.165, 1.54) is 95.6 Å². The standard InChI is InChI=1S/C58H37NS2/c1-2-15-39-34-43(31-30-38(39)14-1)46-20-3-7-26-53(46)59(54-27-8-4-21-47(54)44-32-33-51-49-22-5-9-28-55(49)60-57(51)37-44)45-19-12-17-41(36-45)40-16-11-18-42(35-40)48-24-13-25-52-50-23-6-10-29-56(50)61-58(48)52/h1-37H. The molecule has 12 aromatic rings. The van der Waals surface area contributed by atoms with Crippen molar-refractivity contribution in [3.63, 3.8) is 0 Å². The molecule has 0 aliphatic rings. The largest absolute Gasteiger partial charge is 0.309 e. The molecule has 3 heteroatoms. The zero-order valence-corrected chi connectivity index (χ0v) is 34.8. The molecule has 1 nitrogen and oxygen atoms in total. The Bertz CT molecular complexity index is 3630. The summed E-state index contributed by atoms with van der Waals surface area (Å²) in [4.78, 5) is 2.47. The molecule has 10 aromatic carbocycles. The number of para-hydroxylation sites is 2. The van der Waals surface area contributed by atoms with Crippen LogP contribution in [0.4, 0.5) is 17.1 Å². The van der Waals surface area contributed by atoms with Gasteiger partial charge in [-0.05, 0) is 98.8 Å². The van der Waals surface area contributed by atoms with Crippen LogP contribution in [0.2, 0.25) is 0 Å². The number of hydrogen-bond donors (Lipinski definition) is 0. The second-order valence-corrected chi connectivity index (χ2v) is 17.8. The maximum Gasteiger partial charge on any atom is 0.0540 e. The lowest BCUT2D eigenvalue weighted by Gasteiger charge is -2.30. The lowest BCUT2D eigenvalue weighted by atomic mass is 9.96. The smallest absolute Gasteiger partial charge is 0.0540 e. The van der Waals surface area contributed by atoms with Crippen LogP contribution in [0, 0.1) is 0 Å². The molecule has 0 spiro atoms. The number of anilines is 3. The Morgan fingerprint density at radius 1 is 0.279 bits per heavy atom. The maximum absolute atomic E-state index is 2.47. The molecule has 61 heavy (non-hydrogen) atoms. The molecule has 12 rings (SSSR count). The van der Waals surface area contributed by atoms with Crippen molar-refractivity contribution in [1.82, 2.24) is 0 Å². The van der Waals surface area contributed by atoms with Gasteiger partial charge in [0.2, 0.25) is 0 Å². The number of thiophene rings is 2. The first kappa shape index (κ1) is 35.6. The third-order valence-corrected chi connectivity index (χ3v) is 14.4. The number of rotatable bonds is 7. The van der Waals surface area contributed by atoms with Crippen molar-refractivity contribution in [2.45, 2.75) is 0 Å². The van der Waals surface area contributed by atoms with E-state index in [1.807, 2.05) is 22.7 Å². The molecular formula is C58H37NS2. The van der Waals surface area contributed by atoms with Crippen LogP contribution < -0.4 is 4.90 Å². The molecule has 0 aliphatic heterocycles. The molecule has 0 fully saturated rings. The number of hydrogen-bond acceptors (Lipinski definition) is 3. The maximum atomic E-state index is 2.47. The van der Waals surface area contributed by atoms with Gasteiger partial charge >= 0.3 is 0 Å². The first-order chi connectivity index (χ1) is 30.2. The molecular weight excluding hydrogens is 775 g/mol. The summed E-state index contributed by atoms with van der Waals surface area (Å²) < 4.78 is 5.26. The molecule has 0 unspecified atom stereocenters. The molecule has 0 saturated carbocycles. The fourth-order valence-electron chi connectivity index (χ4n) is 9.15. The van der Waals surface area contributed by atoms with E-state index in [4.69, 9.17) is 0 Å². The van der Waals surface area contributed by atoms with Crippen molar-refractivity contribution in [2.75, 3.05) is 4.90 Å². The Kier molecular flexibility index (Phi) is 8.62. The van der Waals surface area contributed by atoms with Crippen LogP contribution in [0.15, 0.2) is 224 Å². The summed E-state index contributed by atoms with van der Waals surface area (Å²) in [5.41, 5.74) is 12.9. The average molecular weight is 812 g/mol. The van der Waals surface area contributed by atoms with Gasteiger partial charge < -0.3 is 4.90 Å². The van der Waals surface area contributed by atoms with E-state index in [0.29, 0.717) is 0 Å². The van der Waals surface area contributed by atoms with Crippen LogP contribution in [-0.4, -0.2) is 0 Å². The summed E-state index contributed by atoms with van der Waals surface area (Å²) in [6, 6.07) is 82.5. The van der Waals surface area contributed by atoms with Crippen molar-refractivity contribution in [3.8, 4) is 44.5 Å². The summed E-state index contributed by atoms with van der Waals surface area (Å²) in [6.07, 6.45) is 0. The molecule has 0 bridgehead atoms. The number of nitrogens with zero attached hydrogens (tertiary/aromatic N) is 1. The second-order valence-electron chi connectivity index (χ2n) is 15.7. The van der Waals surface area contributed by atoms with Crippen LogP contribution in [-0.2, 0) is 0 Å². The van der Waals surface area contributed by atoms with Crippen molar-refractivity contribution < 1.29 is 0 Å². The highest BCUT2D eigenvalue weighted by molar-refractivity contribution is 7.26. The molecule has 2 heterocycles. The van der Waals surface area contributed by atoms with Crippen molar-refractivity contribution in [1.29, 1.82) is 0 Å². The lowest BCUT2D eigenvalue weighted by Crippen LogP contribution is -2.12. The summed E-state index contributed by atoms with van der Waals surface area (Å²) in [7, 11) is 0. The van der Waals surface area contributed by atoms with Crippen LogP contribution in [0.5, 0.6) is 0 Å². The van der Waals surface area contributed by atoms with E-state index in [2.05, 4.69) is 229 Å². The van der Waals surface area contributed by atoms with Crippen LogP contribution in [0.25, 0.3) is 95.6 Å². The zero-order chi connectivity index (χ0) is 40.3. The van der Waals surface area contributed by atoms with Crippen molar-refractivity contribution >= 4 is 90.9 Å². The van der Waals surface area contributed by atoms with Crippen LogP contribution >= 0.6 is 22.7 Å². The van der Waals surface area contributed by atoms with Gasteiger partial charge in [0.05, 0.1) is 11.4 Å². The predicted octanol–water partition coefficient (Wildman–Crippen LogP) is 17.7. The van der Waals surface area contributed by atoms with E-state index in [-0.39, 0.29) is 0 Å². The minimum Gasteiger partial charge on any atom is -0.309 e. The Hall–Kier alpha value is -7.30. The molecule has 0 saturated heterocycles. The molecule has 0 radical (unpaired) electrons. The van der Waals surface area contributed by atoms with Gasteiger partial charge in [0.1, 0.15) is 0 Å². The molecule has 286 valence electrons. The molecule has 0 aliphatic carbocycles. The zero-order valence-electron chi connectivity index (χ0n) is 33.1. The third-order valence-electron chi connectivity index (χ3n) is 12.1. The van der Waals surface area contributed by atoms with Gasteiger partial charge in [0.15, 0.2) is 0 Å². The second kappa shape index (κ2) is 14.8. The Balaban J connectivity index is 1.03. The molecule has 0 N–H and O–H groups in total. The van der Waals surface area contributed by atoms with E-state index in [9.17, 15) is 0 Å². The van der Waals surface area contributed by atoms with E-state index < -0.39 is 0 Å². The summed E-state index contributed by atoms with van der Waals surface area (Å²) in [6.45, 7) is 0. The SMILES string of the molecule is c1cc(-c2cccc(N(c3ccccc3-c3ccc4ccccc4c3)c3ccccc3-c3ccc4c(c3)sc3ccccc34)c2)cc(-c2cccc3c2sc2ccccc23)c1. The summed E-state index contributed by atoms with van der Waals surface area (Å²) in [5, 5.41) is 7.72. The van der Waals surface area contributed by atoms with Gasteiger partial charge in [-0.2, -0.15) is 0 Å². The Labute approximate surface area is 362 Å². The van der Waals surface area contributed by atoms with Crippen LogP contribution in [0.1, 0.15) is 0 Å². The predicted molar refractivity (Wildman–Crippen MR) is 266 cm³/mol. The minimum absolute atomic E-state index is 1.10. The first-order valence-corrected chi connectivity index (χ1v) is 22.4. The lowest BCUT2D eigenvalue weighted by molar-refractivity contribution is 1.28. The van der Waals surface area contributed by atoms with Gasteiger partial charge in [-0.15, -0.1) is 22.7 Å². The normalized spacial score (nSPS) is 11.6. The summed E-state index contributed by atoms with van der Waals surface area (Å²) in [5.74, 6) is 0. The Morgan fingerprint density at radius 3 is 1.61 bits per heavy atom. The van der Waals surface area contributed by atoms with E-state index in [0.717, 1.165) is 17.1 Å². The highest BCUT2D eigenvalue weighted by atomic mass is 32.1. The molecule has 0 amide bonds. The van der Waals surface area contributed by atoms with Gasteiger partial charge in [0, 0.05) is 57.2 Å². The highest BCUT2D eigenvalue weighted by Crippen LogP contribution is 2.47. The van der Waals surface area contributed by atoms with Crippen molar-refractivity contribution in [2.24, 2.45) is 0 Å². The highest BCUT2D eigenvalue weighted by Gasteiger charge is 2.22. The third kappa shape index (κ3) is 6.21. The van der Waals surface area contributed by atoms with Gasteiger partial charge in [-0.1, -0.05) is 170 Å². The Morgan fingerprint density at radius 2 is 0.803 bits per heavy atom. The van der Waals surface area contributed by atoms with E-state index in [1.54, 1.807) is 0 Å². The number of fused-ring (bicyclic) bond motifs is 7. The van der Waals surface area contributed by atoms with Gasteiger partial charge in [-0.25, -0.2) is 0 Å². The van der Waals surface area contributed by atoms with Gasteiger partial charge in [0.25, 0.3) is 0 Å². The number of benzene rings is 10. The van der Waals surface area contributed by atoms with E-state index >= 15 is 0 Å². The average Bonchev–Trinajstić information content (AvgIpc) is 3.90. The fourth-order valence-corrected chi connectivity index (χ4v) is 11.5. The van der Waals surface area contributed by atoms with Crippen LogP contribution in [0.3, 0.4) is 0 Å².